The van der Waals surface area contributed by atoms with Crippen LogP contribution in [0.3, 0.4) is 0 Å². The molecule has 0 aromatic heterocycles. The van der Waals surface area contributed by atoms with Gasteiger partial charge in [0.25, 0.3) is 5.91 Å². The first-order valence-electron chi connectivity index (χ1n) is 8.74. The molecule has 0 saturated carbocycles. The van der Waals surface area contributed by atoms with Crippen LogP contribution in [-0.4, -0.2) is 70.1 Å². The molecule has 0 aliphatic carbocycles. The zero-order chi connectivity index (χ0) is 20.9. The monoisotopic (exact) mass is 411 g/mol. The Morgan fingerprint density at radius 3 is 2.29 bits per heavy atom. The predicted octanol–water partition coefficient (Wildman–Crippen LogP) is 1.29. The van der Waals surface area contributed by atoms with Gasteiger partial charge >= 0.3 is 5.97 Å². The van der Waals surface area contributed by atoms with Gasteiger partial charge in [0.2, 0.25) is 0 Å². The molecule has 2 atom stereocenters. The van der Waals surface area contributed by atoms with E-state index in [0.717, 1.165) is 0 Å². The smallest absolute Gasteiger partial charge is 0.331 e. The van der Waals surface area contributed by atoms with Crippen LogP contribution in [0.1, 0.15) is 18.9 Å². The molecule has 0 unspecified atom stereocenters. The minimum absolute atomic E-state index is 0.0620. The van der Waals surface area contributed by atoms with E-state index in [1.807, 2.05) is 0 Å². The van der Waals surface area contributed by atoms with Gasteiger partial charge in [-0.25, -0.2) is 13.2 Å². The van der Waals surface area contributed by atoms with Crippen LogP contribution in [0.4, 0.5) is 0 Å². The van der Waals surface area contributed by atoms with Gasteiger partial charge in [0.05, 0.1) is 25.7 Å². The van der Waals surface area contributed by atoms with E-state index in [4.69, 9.17) is 14.2 Å². The fraction of sp³-hybridized carbons (Fsp3) is 0.474. The van der Waals surface area contributed by atoms with Crippen molar-refractivity contribution in [2.24, 2.45) is 0 Å². The molecule has 1 aromatic rings. The van der Waals surface area contributed by atoms with Crippen LogP contribution in [0.5, 0.6) is 11.5 Å². The third-order valence-electron chi connectivity index (χ3n) is 4.53. The van der Waals surface area contributed by atoms with Crippen LogP contribution in [-0.2, 0) is 24.2 Å². The molecule has 0 bridgehead atoms. The Labute approximate surface area is 165 Å². The number of rotatable bonds is 7. The number of esters is 1. The lowest BCUT2D eigenvalue weighted by Gasteiger charge is -2.26. The Morgan fingerprint density at radius 1 is 1.18 bits per heavy atom. The molecule has 28 heavy (non-hydrogen) atoms. The van der Waals surface area contributed by atoms with Crippen LogP contribution in [0.2, 0.25) is 0 Å². The maximum atomic E-state index is 12.4. The average Bonchev–Trinajstić information content (AvgIpc) is 3.04. The highest BCUT2D eigenvalue weighted by molar-refractivity contribution is 7.91. The molecule has 1 aliphatic rings. The van der Waals surface area contributed by atoms with Crippen molar-refractivity contribution in [1.82, 2.24) is 4.90 Å². The van der Waals surface area contributed by atoms with Crippen LogP contribution in [0, 0.1) is 0 Å². The predicted molar refractivity (Wildman–Crippen MR) is 104 cm³/mol. The number of carbonyl (C=O) groups is 2. The summed E-state index contributed by atoms with van der Waals surface area (Å²) >= 11 is 0. The molecule has 0 N–H and O–H groups in total. The summed E-state index contributed by atoms with van der Waals surface area (Å²) in [5.41, 5.74) is 0.667. The van der Waals surface area contributed by atoms with Gasteiger partial charge in [0, 0.05) is 25.2 Å². The van der Waals surface area contributed by atoms with Gasteiger partial charge in [-0.15, -0.1) is 0 Å². The number of methoxy groups -OCH3 is 2. The fourth-order valence-corrected chi connectivity index (χ4v) is 4.68. The van der Waals surface area contributed by atoms with Gasteiger partial charge in [0.15, 0.2) is 15.9 Å². The number of nitrogens with zero attached hydrogens (tertiary/aromatic N) is 1. The van der Waals surface area contributed by atoms with Gasteiger partial charge in [-0.3, -0.25) is 4.79 Å². The lowest BCUT2D eigenvalue weighted by atomic mass is 10.2. The summed E-state index contributed by atoms with van der Waals surface area (Å²) in [4.78, 5) is 25.8. The lowest BCUT2D eigenvalue weighted by molar-refractivity contribution is -0.155. The van der Waals surface area contributed by atoms with Crippen molar-refractivity contribution in [1.29, 1.82) is 0 Å². The Kier molecular flexibility index (Phi) is 7.06. The summed E-state index contributed by atoms with van der Waals surface area (Å²) in [5, 5.41) is 0. The van der Waals surface area contributed by atoms with Gasteiger partial charge in [-0.1, -0.05) is 0 Å². The van der Waals surface area contributed by atoms with Crippen LogP contribution in [0.15, 0.2) is 24.3 Å². The third kappa shape index (κ3) is 5.72. The average molecular weight is 411 g/mol. The van der Waals surface area contributed by atoms with E-state index in [2.05, 4.69) is 0 Å². The number of likely N-dealkylation sites (N-methyl/N-ethyl adjacent to an activating group) is 1. The quantitative estimate of drug-likeness (QED) is 0.492. The van der Waals surface area contributed by atoms with Crippen molar-refractivity contribution in [3.8, 4) is 11.5 Å². The minimum Gasteiger partial charge on any atom is -0.497 e. The summed E-state index contributed by atoms with van der Waals surface area (Å²) in [6, 6.07) is 4.75. The minimum atomic E-state index is -3.11. The molecule has 1 aliphatic heterocycles. The molecule has 1 amide bonds. The first-order chi connectivity index (χ1) is 13.1. The Balaban J connectivity index is 1.96. The largest absolute Gasteiger partial charge is 0.497 e. The van der Waals surface area contributed by atoms with Crippen LogP contribution < -0.4 is 9.47 Å². The van der Waals surface area contributed by atoms with Crippen LogP contribution in [0.25, 0.3) is 6.08 Å². The molecule has 2 rings (SSSR count). The van der Waals surface area contributed by atoms with Crippen molar-refractivity contribution in [2.75, 3.05) is 32.8 Å². The number of benzene rings is 1. The third-order valence-corrected chi connectivity index (χ3v) is 6.28. The van der Waals surface area contributed by atoms with E-state index >= 15 is 0 Å². The van der Waals surface area contributed by atoms with E-state index in [-0.39, 0.29) is 11.5 Å². The molecular formula is C19H25NO7S. The first kappa shape index (κ1) is 21.7. The number of carbonyl (C=O) groups excluding carboxylic acids is 2. The summed E-state index contributed by atoms with van der Waals surface area (Å²) in [5.74, 6) is 0.0269. The summed E-state index contributed by atoms with van der Waals surface area (Å²) in [6.45, 7) is 1.46. The second-order valence-corrected chi connectivity index (χ2v) is 8.79. The molecule has 1 heterocycles. The highest BCUT2D eigenvalue weighted by Crippen LogP contribution is 2.23. The molecule has 154 valence electrons. The zero-order valence-electron chi connectivity index (χ0n) is 16.4. The molecule has 1 saturated heterocycles. The first-order valence-corrected chi connectivity index (χ1v) is 10.6. The second kappa shape index (κ2) is 9.09. The summed E-state index contributed by atoms with van der Waals surface area (Å²) in [7, 11) is 1.46. The van der Waals surface area contributed by atoms with Crippen molar-refractivity contribution in [3.63, 3.8) is 0 Å². The van der Waals surface area contributed by atoms with E-state index in [1.54, 1.807) is 18.2 Å². The van der Waals surface area contributed by atoms with Crippen molar-refractivity contribution in [3.05, 3.63) is 29.8 Å². The Hall–Kier alpha value is -2.55. The van der Waals surface area contributed by atoms with Crippen LogP contribution >= 0.6 is 0 Å². The lowest BCUT2D eigenvalue weighted by Crippen LogP contribution is -2.44. The molecule has 0 spiro atoms. The van der Waals surface area contributed by atoms with Crippen molar-refractivity contribution in [2.45, 2.75) is 25.5 Å². The topological polar surface area (TPSA) is 99.2 Å². The normalized spacial score (nSPS) is 19.2. The van der Waals surface area contributed by atoms with E-state index in [0.29, 0.717) is 23.5 Å². The Morgan fingerprint density at radius 2 is 1.79 bits per heavy atom. The molecule has 8 nitrogen and oxygen atoms in total. The van der Waals surface area contributed by atoms with Gasteiger partial charge in [-0.2, -0.15) is 0 Å². The highest BCUT2D eigenvalue weighted by Gasteiger charge is 2.34. The maximum Gasteiger partial charge on any atom is 0.331 e. The number of amides is 1. The van der Waals surface area contributed by atoms with E-state index in [1.165, 1.54) is 45.2 Å². The van der Waals surface area contributed by atoms with E-state index in [9.17, 15) is 18.0 Å². The van der Waals surface area contributed by atoms with Crippen molar-refractivity contribution >= 4 is 27.8 Å². The van der Waals surface area contributed by atoms with Crippen molar-refractivity contribution < 1.29 is 32.2 Å². The molecule has 1 aromatic carbocycles. The molecule has 9 heteroatoms. The second-order valence-electron chi connectivity index (χ2n) is 6.56. The number of sulfone groups is 1. The highest BCUT2D eigenvalue weighted by atomic mass is 32.2. The van der Waals surface area contributed by atoms with Gasteiger partial charge in [-0.05, 0) is 37.1 Å². The van der Waals surface area contributed by atoms with E-state index < -0.39 is 33.9 Å². The summed E-state index contributed by atoms with van der Waals surface area (Å²) in [6.07, 6.45) is 2.10. The fourth-order valence-electron chi connectivity index (χ4n) is 2.90. The molecular weight excluding hydrogens is 386 g/mol. The standard InChI is InChI=1S/C19H25NO7S/c1-13(19(22)20(2)15-7-8-28(23,24)12-15)27-18(21)6-5-14-9-16(25-3)11-17(10-14)26-4/h5-6,9-11,13,15H,7-8,12H2,1-4H3/b6-5+/t13-,15+/m0/s1. The molecule has 0 radical (unpaired) electrons. The molecule has 1 fully saturated rings. The SMILES string of the molecule is COc1cc(/C=C/C(=O)O[C@@H](C)C(=O)N(C)[C@@H]2CCS(=O)(=O)C2)cc(OC)c1. The Bertz CT molecular complexity index is 841. The number of ether oxygens (including phenoxy) is 3. The van der Waals surface area contributed by atoms with Gasteiger partial charge < -0.3 is 19.1 Å². The maximum absolute atomic E-state index is 12.4. The van der Waals surface area contributed by atoms with Gasteiger partial charge in [0.1, 0.15) is 11.5 Å². The number of hydrogen-bond donors (Lipinski definition) is 0. The number of hydrogen-bond acceptors (Lipinski definition) is 7. The summed E-state index contributed by atoms with van der Waals surface area (Å²) < 4.78 is 38.6. The zero-order valence-corrected chi connectivity index (χ0v) is 17.2.